The molecule has 4 rings (SSSR count). The number of anilines is 1. The summed E-state index contributed by atoms with van der Waals surface area (Å²) in [6, 6.07) is 19.1. The van der Waals surface area contributed by atoms with Gasteiger partial charge in [-0.15, -0.1) is 0 Å². The molecule has 0 aliphatic carbocycles. The van der Waals surface area contributed by atoms with Crippen LogP contribution in [0.3, 0.4) is 0 Å². The van der Waals surface area contributed by atoms with Gasteiger partial charge < -0.3 is 14.1 Å². The number of rotatable bonds is 5. The van der Waals surface area contributed by atoms with E-state index in [4.69, 9.17) is 9.15 Å². The van der Waals surface area contributed by atoms with Crippen molar-refractivity contribution in [1.29, 1.82) is 0 Å². The Hall–Kier alpha value is -3.34. The third kappa shape index (κ3) is 3.56. The lowest BCUT2D eigenvalue weighted by Gasteiger charge is -2.17. The standard InChI is InChI=1S/C23H21NO4/c1-27-23(26)18-7-10-20-17(15-18)13-14-24(20)22(25)12-9-19-8-11-21(28-19)16-5-3-2-4-6-16/h2-8,10-11,15H,9,12-14H2,1H3. The lowest BCUT2D eigenvalue weighted by molar-refractivity contribution is -0.118. The van der Waals surface area contributed by atoms with Gasteiger partial charge in [0.05, 0.1) is 12.7 Å². The van der Waals surface area contributed by atoms with E-state index in [1.54, 1.807) is 11.0 Å². The van der Waals surface area contributed by atoms with Gasteiger partial charge in [0.1, 0.15) is 11.5 Å². The molecule has 0 fully saturated rings. The Morgan fingerprint density at radius 1 is 1.07 bits per heavy atom. The van der Waals surface area contributed by atoms with Gasteiger partial charge in [0.2, 0.25) is 5.91 Å². The van der Waals surface area contributed by atoms with Crippen molar-refractivity contribution >= 4 is 17.6 Å². The van der Waals surface area contributed by atoms with Crippen LogP contribution in [0.2, 0.25) is 0 Å². The number of hydrogen-bond acceptors (Lipinski definition) is 4. The number of carbonyl (C=O) groups excluding carboxylic acids is 2. The second-order valence-electron chi connectivity index (χ2n) is 6.76. The molecule has 0 N–H and O–H groups in total. The highest BCUT2D eigenvalue weighted by atomic mass is 16.5. The zero-order valence-corrected chi connectivity index (χ0v) is 15.7. The molecule has 0 saturated carbocycles. The Labute approximate surface area is 163 Å². The molecule has 1 amide bonds. The van der Waals surface area contributed by atoms with E-state index in [0.717, 1.165) is 34.8 Å². The van der Waals surface area contributed by atoms with Crippen molar-refractivity contribution in [2.75, 3.05) is 18.6 Å². The van der Waals surface area contributed by atoms with Crippen LogP contribution < -0.4 is 4.90 Å². The quantitative estimate of drug-likeness (QED) is 0.626. The molecule has 1 aliphatic heterocycles. The van der Waals surface area contributed by atoms with E-state index in [1.807, 2.05) is 54.6 Å². The number of esters is 1. The second kappa shape index (κ2) is 7.72. The van der Waals surface area contributed by atoms with Gasteiger partial charge in [0.15, 0.2) is 0 Å². The molecule has 2 aromatic carbocycles. The van der Waals surface area contributed by atoms with Crippen LogP contribution >= 0.6 is 0 Å². The van der Waals surface area contributed by atoms with Crippen molar-refractivity contribution in [3.05, 3.63) is 77.6 Å². The Kier molecular flexibility index (Phi) is 4.98. The molecule has 2 heterocycles. The number of fused-ring (bicyclic) bond motifs is 1. The molecular weight excluding hydrogens is 354 g/mol. The van der Waals surface area contributed by atoms with Gasteiger partial charge in [0, 0.05) is 30.6 Å². The van der Waals surface area contributed by atoms with Gasteiger partial charge in [-0.25, -0.2) is 4.79 Å². The molecule has 0 saturated heterocycles. The normalized spacial score (nSPS) is 12.7. The van der Waals surface area contributed by atoms with E-state index in [9.17, 15) is 9.59 Å². The minimum Gasteiger partial charge on any atom is -0.465 e. The van der Waals surface area contributed by atoms with Gasteiger partial charge in [0.25, 0.3) is 0 Å². The van der Waals surface area contributed by atoms with Gasteiger partial charge in [-0.2, -0.15) is 0 Å². The summed E-state index contributed by atoms with van der Waals surface area (Å²) in [5.41, 5.74) is 3.41. The van der Waals surface area contributed by atoms with E-state index in [-0.39, 0.29) is 11.9 Å². The first-order valence-corrected chi connectivity index (χ1v) is 9.31. The number of methoxy groups -OCH3 is 1. The number of amides is 1. The highest BCUT2D eigenvalue weighted by Gasteiger charge is 2.25. The molecule has 28 heavy (non-hydrogen) atoms. The smallest absolute Gasteiger partial charge is 0.337 e. The Balaban J connectivity index is 1.41. The summed E-state index contributed by atoms with van der Waals surface area (Å²) in [4.78, 5) is 26.2. The van der Waals surface area contributed by atoms with E-state index >= 15 is 0 Å². The van der Waals surface area contributed by atoms with Crippen molar-refractivity contribution in [3.8, 4) is 11.3 Å². The third-order valence-electron chi connectivity index (χ3n) is 5.00. The van der Waals surface area contributed by atoms with E-state index in [1.165, 1.54) is 7.11 Å². The lowest BCUT2D eigenvalue weighted by Crippen LogP contribution is -2.29. The first-order chi connectivity index (χ1) is 13.7. The van der Waals surface area contributed by atoms with Gasteiger partial charge in [-0.3, -0.25) is 4.79 Å². The van der Waals surface area contributed by atoms with Gasteiger partial charge >= 0.3 is 5.97 Å². The summed E-state index contributed by atoms with van der Waals surface area (Å²) in [6.45, 7) is 0.631. The zero-order chi connectivity index (χ0) is 19.5. The first kappa shape index (κ1) is 18.0. The fourth-order valence-corrected chi connectivity index (χ4v) is 3.54. The Morgan fingerprint density at radius 2 is 1.89 bits per heavy atom. The maximum absolute atomic E-state index is 12.7. The SMILES string of the molecule is COC(=O)c1ccc2c(c1)CCN2C(=O)CCc1ccc(-c2ccccc2)o1. The van der Waals surface area contributed by atoms with Crippen molar-refractivity contribution < 1.29 is 18.7 Å². The van der Waals surface area contributed by atoms with Crippen LogP contribution in [0.1, 0.15) is 28.1 Å². The van der Waals surface area contributed by atoms with E-state index < -0.39 is 0 Å². The van der Waals surface area contributed by atoms with Crippen LogP contribution in [0.15, 0.2) is 65.1 Å². The minimum absolute atomic E-state index is 0.0576. The molecule has 0 radical (unpaired) electrons. The van der Waals surface area contributed by atoms with Gasteiger partial charge in [-0.1, -0.05) is 30.3 Å². The summed E-state index contributed by atoms with van der Waals surface area (Å²) in [7, 11) is 1.36. The number of aryl methyl sites for hydroxylation is 1. The molecule has 3 aromatic rings. The van der Waals surface area contributed by atoms with Gasteiger partial charge in [-0.05, 0) is 42.3 Å². The molecule has 0 bridgehead atoms. The van der Waals surface area contributed by atoms with Crippen LogP contribution in [0, 0.1) is 0 Å². The summed E-state index contributed by atoms with van der Waals surface area (Å²) in [5.74, 6) is 1.31. The van der Waals surface area contributed by atoms with Crippen LogP contribution in [-0.2, 0) is 22.4 Å². The molecule has 5 heteroatoms. The largest absolute Gasteiger partial charge is 0.465 e. The summed E-state index contributed by atoms with van der Waals surface area (Å²) >= 11 is 0. The maximum Gasteiger partial charge on any atom is 0.337 e. The minimum atomic E-state index is -0.361. The zero-order valence-electron chi connectivity index (χ0n) is 15.7. The monoisotopic (exact) mass is 375 g/mol. The van der Waals surface area contributed by atoms with Crippen molar-refractivity contribution in [3.63, 3.8) is 0 Å². The lowest BCUT2D eigenvalue weighted by atomic mass is 10.1. The second-order valence-corrected chi connectivity index (χ2v) is 6.76. The fourth-order valence-electron chi connectivity index (χ4n) is 3.54. The highest BCUT2D eigenvalue weighted by molar-refractivity contribution is 5.97. The van der Waals surface area contributed by atoms with Crippen LogP contribution in [0.5, 0.6) is 0 Å². The maximum atomic E-state index is 12.7. The van der Waals surface area contributed by atoms with E-state index in [2.05, 4.69) is 0 Å². The molecule has 1 aliphatic rings. The molecule has 1 aromatic heterocycles. The van der Waals surface area contributed by atoms with Crippen molar-refractivity contribution in [2.45, 2.75) is 19.3 Å². The number of ether oxygens (including phenoxy) is 1. The Bertz CT molecular complexity index is 1010. The van der Waals surface area contributed by atoms with Crippen LogP contribution in [-0.4, -0.2) is 25.5 Å². The summed E-state index contributed by atoms with van der Waals surface area (Å²) < 4.78 is 10.6. The number of furan rings is 1. The average Bonchev–Trinajstić information content (AvgIpc) is 3.38. The van der Waals surface area contributed by atoms with E-state index in [0.29, 0.717) is 24.9 Å². The molecule has 142 valence electrons. The predicted octanol–water partition coefficient (Wildman–Crippen LogP) is 4.26. The first-order valence-electron chi connectivity index (χ1n) is 9.31. The van der Waals surface area contributed by atoms with Crippen molar-refractivity contribution in [2.24, 2.45) is 0 Å². The number of hydrogen-bond donors (Lipinski definition) is 0. The predicted molar refractivity (Wildman–Crippen MR) is 106 cm³/mol. The third-order valence-corrected chi connectivity index (χ3v) is 5.00. The van der Waals surface area contributed by atoms with Crippen LogP contribution in [0.25, 0.3) is 11.3 Å². The number of benzene rings is 2. The molecule has 0 unspecified atom stereocenters. The summed E-state index contributed by atoms with van der Waals surface area (Å²) in [5, 5.41) is 0. The number of nitrogens with zero attached hydrogens (tertiary/aromatic N) is 1. The van der Waals surface area contributed by atoms with Crippen molar-refractivity contribution in [1.82, 2.24) is 0 Å². The fraction of sp³-hybridized carbons (Fsp3) is 0.217. The molecule has 0 spiro atoms. The molecular formula is C23H21NO4. The Morgan fingerprint density at radius 3 is 2.68 bits per heavy atom. The molecule has 0 atom stereocenters. The summed E-state index contributed by atoms with van der Waals surface area (Å²) in [6.07, 6.45) is 1.67. The average molecular weight is 375 g/mol. The highest BCUT2D eigenvalue weighted by Crippen LogP contribution is 2.30. The molecule has 5 nitrogen and oxygen atoms in total. The number of carbonyl (C=O) groups is 2. The van der Waals surface area contributed by atoms with Crippen LogP contribution in [0.4, 0.5) is 5.69 Å². The topological polar surface area (TPSA) is 59.8 Å².